The van der Waals surface area contributed by atoms with Crippen LogP contribution in [0.4, 0.5) is 6.01 Å². The number of aryl methyl sites for hydroxylation is 2. The van der Waals surface area contributed by atoms with Crippen molar-refractivity contribution >= 4 is 23.3 Å². The van der Waals surface area contributed by atoms with Crippen molar-refractivity contribution in [2.24, 2.45) is 7.05 Å². The molecule has 8 heteroatoms. The summed E-state index contributed by atoms with van der Waals surface area (Å²) < 4.78 is 6.89. The van der Waals surface area contributed by atoms with Crippen LogP contribution in [0.2, 0.25) is 0 Å². The Hall–Kier alpha value is -2.48. The molecule has 0 aliphatic rings. The number of nitrogens with one attached hydrogen (secondary N) is 1. The van der Waals surface area contributed by atoms with Crippen molar-refractivity contribution in [2.45, 2.75) is 6.92 Å². The van der Waals surface area contributed by atoms with Gasteiger partial charge in [-0.3, -0.25) is 14.8 Å². The molecule has 3 aromatic heterocycles. The van der Waals surface area contributed by atoms with Gasteiger partial charge in [0.25, 0.3) is 11.8 Å². The number of anilines is 1. The molecule has 0 saturated heterocycles. The molecule has 0 fully saturated rings. The van der Waals surface area contributed by atoms with Crippen LogP contribution in [0, 0.1) is 6.92 Å². The van der Waals surface area contributed by atoms with Crippen molar-refractivity contribution in [1.82, 2.24) is 20.0 Å². The van der Waals surface area contributed by atoms with Crippen LogP contribution in [-0.4, -0.2) is 25.9 Å². The summed E-state index contributed by atoms with van der Waals surface area (Å²) in [6, 6.07) is 5.51. The highest BCUT2D eigenvalue weighted by Gasteiger charge is 2.16. The lowest BCUT2D eigenvalue weighted by Crippen LogP contribution is -2.16. The van der Waals surface area contributed by atoms with Gasteiger partial charge in [-0.2, -0.15) is 5.10 Å². The number of nitrogens with zero attached hydrogens (tertiary/aromatic N) is 4. The molecule has 0 aromatic carbocycles. The maximum absolute atomic E-state index is 12.0. The summed E-state index contributed by atoms with van der Waals surface area (Å²) in [7, 11) is 1.70. The summed E-state index contributed by atoms with van der Waals surface area (Å²) >= 11 is 1.49. The fraction of sp³-hybridized carbons (Fsp3) is 0.167. The molecule has 0 aliphatic carbocycles. The van der Waals surface area contributed by atoms with Gasteiger partial charge in [0.15, 0.2) is 0 Å². The normalized spacial score (nSPS) is 10.7. The number of carbonyl (C=O) groups is 1. The molecular weight excluding hydrogens is 278 g/mol. The zero-order valence-corrected chi connectivity index (χ0v) is 11.6. The molecule has 0 bridgehead atoms. The topological polar surface area (TPSA) is 85.8 Å². The van der Waals surface area contributed by atoms with E-state index < -0.39 is 0 Å². The van der Waals surface area contributed by atoms with E-state index in [1.807, 2.05) is 24.4 Å². The predicted molar refractivity (Wildman–Crippen MR) is 73.5 cm³/mol. The molecule has 0 saturated carbocycles. The standard InChI is InChI=1S/C12H11N5O2S/c1-7-6-8(17(2)16-7)10(18)13-12-15-14-11(19-12)9-4-3-5-20-9/h3-6H,1-2H3,(H,13,15,18). The lowest BCUT2D eigenvalue weighted by Gasteiger charge is -1.99. The van der Waals surface area contributed by atoms with Crippen molar-refractivity contribution in [1.29, 1.82) is 0 Å². The van der Waals surface area contributed by atoms with E-state index in [0.717, 1.165) is 10.6 Å². The molecule has 1 amide bonds. The quantitative estimate of drug-likeness (QED) is 0.798. The molecule has 0 unspecified atom stereocenters. The van der Waals surface area contributed by atoms with Crippen molar-refractivity contribution in [3.8, 4) is 10.8 Å². The molecule has 3 aromatic rings. The molecule has 3 heterocycles. The molecule has 0 atom stereocenters. The molecule has 0 radical (unpaired) electrons. The van der Waals surface area contributed by atoms with Crippen molar-refractivity contribution in [2.75, 3.05) is 5.32 Å². The van der Waals surface area contributed by atoms with E-state index in [2.05, 4.69) is 20.6 Å². The van der Waals surface area contributed by atoms with Crippen LogP contribution in [-0.2, 0) is 7.05 Å². The summed E-state index contributed by atoms with van der Waals surface area (Å²) in [6.07, 6.45) is 0. The molecule has 0 aliphatic heterocycles. The van der Waals surface area contributed by atoms with E-state index in [0.29, 0.717) is 11.6 Å². The van der Waals surface area contributed by atoms with E-state index in [1.165, 1.54) is 16.0 Å². The second-order valence-corrected chi connectivity index (χ2v) is 5.09. The second kappa shape index (κ2) is 4.89. The molecular formula is C12H11N5O2S. The van der Waals surface area contributed by atoms with Gasteiger partial charge in [-0.05, 0) is 24.4 Å². The summed E-state index contributed by atoms with van der Waals surface area (Å²) in [6.45, 7) is 1.82. The SMILES string of the molecule is Cc1cc(C(=O)Nc2nnc(-c3cccs3)o2)n(C)n1. The summed E-state index contributed by atoms with van der Waals surface area (Å²) in [5, 5.41) is 16.3. The maximum Gasteiger partial charge on any atom is 0.322 e. The third-order valence-corrected chi connectivity index (χ3v) is 3.47. The Kier molecular flexibility index (Phi) is 3.07. The van der Waals surface area contributed by atoms with Gasteiger partial charge in [0.1, 0.15) is 5.69 Å². The Bertz CT molecular complexity index is 744. The van der Waals surface area contributed by atoms with Crippen LogP contribution in [0.1, 0.15) is 16.2 Å². The Morgan fingerprint density at radius 3 is 2.95 bits per heavy atom. The molecule has 0 spiro atoms. The Morgan fingerprint density at radius 2 is 2.30 bits per heavy atom. The van der Waals surface area contributed by atoms with Gasteiger partial charge < -0.3 is 4.42 Å². The van der Waals surface area contributed by atoms with Crippen LogP contribution in [0.5, 0.6) is 0 Å². The Labute approximate surface area is 118 Å². The van der Waals surface area contributed by atoms with Crippen LogP contribution in [0.3, 0.4) is 0 Å². The molecule has 3 rings (SSSR count). The first-order valence-corrected chi connectivity index (χ1v) is 6.71. The molecule has 102 valence electrons. The van der Waals surface area contributed by atoms with Gasteiger partial charge in [-0.15, -0.1) is 16.4 Å². The van der Waals surface area contributed by atoms with Crippen molar-refractivity contribution in [3.05, 3.63) is 35.0 Å². The van der Waals surface area contributed by atoms with E-state index in [1.54, 1.807) is 13.1 Å². The minimum atomic E-state index is -0.338. The zero-order valence-electron chi connectivity index (χ0n) is 10.8. The van der Waals surface area contributed by atoms with Gasteiger partial charge in [-0.1, -0.05) is 11.2 Å². The largest absolute Gasteiger partial charge is 0.402 e. The third-order valence-electron chi connectivity index (χ3n) is 2.61. The van der Waals surface area contributed by atoms with E-state index in [4.69, 9.17) is 4.42 Å². The maximum atomic E-state index is 12.0. The Morgan fingerprint density at radius 1 is 1.45 bits per heavy atom. The number of carbonyl (C=O) groups excluding carboxylic acids is 1. The third kappa shape index (κ3) is 2.32. The smallest absolute Gasteiger partial charge is 0.322 e. The highest BCUT2D eigenvalue weighted by atomic mass is 32.1. The molecule has 1 N–H and O–H groups in total. The second-order valence-electron chi connectivity index (χ2n) is 4.14. The van der Waals surface area contributed by atoms with Gasteiger partial charge in [0.05, 0.1) is 10.6 Å². The average Bonchev–Trinajstić information content (AvgIpc) is 3.09. The summed E-state index contributed by atoms with van der Waals surface area (Å²) in [5.41, 5.74) is 1.20. The van der Waals surface area contributed by atoms with E-state index >= 15 is 0 Å². The van der Waals surface area contributed by atoms with Crippen LogP contribution in [0.15, 0.2) is 28.0 Å². The number of aromatic nitrogens is 4. The molecule has 7 nitrogen and oxygen atoms in total. The first-order chi connectivity index (χ1) is 9.63. The zero-order chi connectivity index (χ0) is 14.1. The first kappa shape index (κ1) is 12.5. The number of thiophene rings is 1. The van der Waals surface area contributed by atoms with Gasteiger partial charge in [0, 0.05) is 7.05 Å². The average molecular weight is 289 g/mol. The number of amides is 1. The number of hydrogen-bond acceptors (Lipinski definition) is 6. The highest BCUT2D eigenvalue weighted by Crippen LogP contribution is 2.24. The molecule has 20 heavy (non-hydrogen) atoms. The lowest BCUT2D eigenvalue weighted by atomic mass is 10.3. The predicted octanol–water partition coefficient (Wildman–Crippen LogP) is 2.09. The number of hydrogen-bond donors (Lipinski definition) is 1. The highest BCUT2D eigenvalue weighted by molar-refractivity contribution is 7.13. The van der Waals surface area contributed by atoms with Crippen molar-refractivity contribution < 1.29 is 9.21 Å². The van der Waals surface area contributed by atoms with Gasteiger partial charge in [-0.25, -0.2) is 0 Å². The lowest BCUT2D eigenvalue weighted by molar-refractivity contribution is 0.101. The van der Waals surface area contributed by atoms with E-state index in [9.17, 15) is 4.79 Å². The fourth-order valence-corrected chi connectivity index (χ4v) is 2.40. The minimum absolute atomic E-state index is 0.0669. The van der Waals surface area contributed by atoms with Crippen LogP contribution < -0.4 is 5.32 Å². The van der Waals surface area contributed by atoms with Gasteiger partial charge >= 0.3 is 6.01 Å². The Balaban J connectivity index is 1.78. The minimum Gasteiger partial charge on any atom is -0.402 e. The van der Waals surface area contributed by atoms with Gasteiger partial charge in [0.2, 0.25) is 0 Å². The number of rotatable bonds is 3. The van der Waals surface area contributed by atoms with Crippen LogP contribution in [0.25, 0.3) is 10.8 Å². The summed E-state index contributed by atoms with van der Waals surface area (Å²) in [5.74, 6) is 0.0472. The summed E-state index contributed by atoms with van der Waals surface area (Å²) in [4.78, 5) is 12.9. The fourth-order valence-electron chi connectivity index (χ4n) is 1.76. The van der Waals surface area contributed by atoms with Crippen molar-refractivity contribution in [3.63, 3.8) is 0 Å². The van der Waals surface area contributed by atoms with Crippen LogP contribution >= 0.6 is 11.3 Å². The monoisotopic (exact) mass is 289 g/mol. The van der Waals surface area contributed by atoms with E-state index in [-0.39, 0.29) is 11.9 Å². The first-order valence-electron chi connectivity index (χ1n) is 5.83.